The molecule has 0 fully saturated rings. The fraction of sp³-hybridized carbons (Fsp3) is 0.118. The molecule has 1 aliphatic heterocycles. The zero-order valence-electron chi connectivity index (χ0n) is 11.8. The summed E-state index contributed by atoms with van der Waals surface area (Å²) in [5.74, 6) is -0.980. The Morgan fingerprint density at radius 3 is 3.00 bits per heavy atom. The van der Waals surface area contributed by atoms with Crippen LogP contribution in [0.25, 0.3) is 16.5 Å². The molecule has 1 aromatic carbocycles. The zero-order chi connectivity index (χ0) is 16.1. The summed E-state index contributed by atoms with van der Waals surface area (Å²) < 4.78 is 5.85. The molecule has 6 heteroatoms. The lowest BCUT2D eigenvalue weighted by Gasteiger charge is -2.04. The van der Waals surface area contributed by atoms with E-state index in [1.54, 1.807) is 12.1 Å². The van der Waals surface area contributed by atoms with Gasteiger partial charge in [-0.15, -0.1) is 0 Å². The van der Waals surface area contributed by atoms with Gasteiger partial charge in [0.2, 0.25) is 0 Å². The predicted molar refractivity (Wildman–Crippen MR) is 82.2 cm³/mol. The van der Waals surface area contributed by atoms with Gasteiger partial charge in [0, 0.05) is 29.2 Å². The predicted octanol–water partition coefficient (Wildman–Crippen LogP) is 2.59. The molecule has 1 unspecified atom stereocenters. The van der Waals surface area contributed by atoms with E-state index in [1.807, 2.05) is 6.07 Å². The van der Waals surface area contributed by atoms with Crippen molar-refractivity contribution in [2.24, 2.45) is 4.99 Å². The molecule has 2 aliphatic rings. The minimum atomic E-state index is -1.23. The molecule has 23 heavy (non-hydrogen) atoms. The fourth-order valence-electron chi connectivity index (χ4n) is 3.03. The Kier molecular flexibility index (Phi) is 2.66. The van der Waals surface area contributed by atoms with Crippen LogP contribution in [-0.2, 0) is 11.2 Å². The number of nitrogens with zero attached hydrogens (tertiary/aromatic N) is 2. The number of rotatable bonds is 1. The molecule has 2 heterocycles. The Balaban J connectivity index is 1.91. The minimum Gasteiger partial charge on any atom is -0.507 e. The van der Waals surface area contributed by atoms with E-state index in [1.165, 1.54) is 12.3 Å². The monoisotopic (exact) mass is 306 g/mol. The highest BCUT2D eigenvalue weighted by Gasteiger charge is 2.34. The molecule has 1 aliphatic carbocycles. The number of nitriles is 1. The largest absolute Gasteiger partial charge is 0.507 e. The van der Waals surface area contributed by atoms with Crippen molar-refractivity contribution in [1.29, 1.82) is 5.26 Å². The van der Waals surface area contributed by atoms with E-state index < -0.39 is 5.97 Å². The van der Waals surface area contributed by atoms with E-state index in [4.69, 9.17) is 14.8 Å². The number of hydrogen-bond acceptors (Lipinski definition) is 5. The van der Waals surface area contributed by atoms with Gasteiger partial charge >= 0.3 is 5.97 Å². The smallest absolute Gasteiger partial charge is 0.341 e. The molecular weight excluding hydrogens is 296 g/mol. The summed E-state index contributed by atoms with van der Waals surface area (Å²) in [6.07, 6.45) is 3.16. The molecule has 2 aromatic rings. The average Bonchev–Trinajstić information content (AvgIpc) is 2.97. The maximum Gasteiger partial charge on any atom is 0.341 e. The maximum absolute atomic E-state index is 11.1. The molecule has 112 valence electrons. The van der Waals surface area contributed by atoms with Crippen molar-refractivity contribution in [3.8, 4) is 6.07 Å². The molecule has 1 atom stereocenters. The highest BCUT2D eigenvalue weighted by atomic mass is 16.4. The second-order valence-corrected chi connectivity index (χ2v) is 5.43. The van der Waals surface area contributed by atoms with Gasteiger partial charge in [0.25, 0.3) is 0 Å². The number of carboxylic acid groups (broad SMARTS) is 1. The number of aliphatic hydroxyl groups excluding tert-OH is 1. The number of furan rings is 1. The van der Waals surface area contributed by atoms with Crippen LogP contribution in [0.2, 0.25) is 0 Å². The molecule has 4 rings (SSSR count). The molecular formula is C17H10N2O4. The first-order chi connectivity index (χ1) is 11.1. The van der Waals surface area contributed by atoms with E-state index >= 15 is 0 Å². The van der Waals surface area contributed by atoms with Crippen molar-refractivity contribution in [3.05, 3.63) is 52.5 Å². The average molecular weight is 306 g/mol. The van der Waals surface area contributed by atoms with Crippen LogP contribution in [0.15, 0.2) is 45.0 Å². The van der Waals surface area contributed by atoms with Crippen molar-refractivity contribution in [2.45, 2.75) is 12.5 Å². The van der Waals surface area contributed by atoms with Crippen LogP contribution in [0.3, 0.4) is 0 Å². The lowest BCUT2D eigenvalue weighted by Crippen LogP contribution is -2.06. The van der Waals surface area contributed by atoms with E-state index in [-0.39, 0.29) is 17.4 Å². The van der Waals surface area contributed by atoms with Gasteiger partial charge < -0.3 is 14.6 Å². The Morgan fingerprint density at radius 2 is 2.26 bits per heavy atom. The SMILES string of the molecule is N#Cc1ccc2c3c(oc2c1)C1=CC(O)=C(C(=O)O)C=NC1C3. The molecule has 0 radical (unpaired) electrons. The Hall–Kier alpha value is -3.33. The normalized spacial score (nSPS) is 19.1. The topological polar surface area (TPSA) is 107 Å². The lowest BCUT2D eigenvalue weighted by atomic mass is 10.1. The fourth-order valence-corrected chi connectivity index (χ4v) is 3.03. The summed E-state index contributed by atoms with van der Waals surface area (Å²) in [7, 11) is 0. The number of fused-ring (bicyclic) bond motifs is 5. The molecule has 0 spiro atoms. The molecule has 0 bridgehead atoms. The number of aliphatic carboxylic acids is 1. The summed E-state index contributed by atoms with van der Waals surface area (Å²) in [5.41, 5.74) is 2.48. The van der Waals surface area contributed by atoms with Crippen LogP contribution in [0, 0.1) is 11.3 Å². The quantitative estimate of drug-likeness (QED) is 0.842. The van der Waals surface area contributed by atoms with Crippen molar-refractivity contribution in [2.75, 3.05) is 0 Å². The maximum atomic E-state index is 11.1. The van der Waals surface area contributed by atoms with Crippen LogP contribution in [-0.4, -0.2) is 28.4 Å². The molecule has 0 saturated heterocycles. The molecule has 0 saturated carbocycles. The first-order valence-electron chi connectivity index (χ1n) is 6.95. The number of hydrogen-bond donors (Lipinski definition) is 2. The Labute approximate surface area is 130 Å². The summed E-state index contributed by atoms with van der Waals surface area (Å²) in [6.45, 7) is 0. The van der Waals surface area contributed by atoms with Crippen molar-refractivity contribution >= 4 is 28.7 Å². The van der Waals surface area contributed by atoms with E-state index in [0.717, 1.165) is 10.9 Å². The number of carbonyl (C=O) groups is 1. The number of aliphatic imine (C=N–C) groups is 1. The van der Waals surface area contributed by atoms with Crippen LogP contribution in [0.1, 0.15) is 16.9 Å². The van der Waals surface area contributed by atoms with Crippen molar-refractivity contribution in [1.82, 2.24) is 0 Å². The van der Waals surface area contributed by atoms with Crippen molar-refractivity contribution in [3.63, 3.8) is 0 Å². The first kappa shape index (κ1) is 13.3. The van der Waals surface area contributed by atoms with Gasteiger partial charge in [0.15, 0.2) is 0 Å². The van der Waals surface area contributed by atoms with Crippen LogP contribution < -0.4 is 0 Å². The summed E-state index contributed by atoms with van der Waals surface area (Å²) in [4.78, 5) is 15.4. The van der Waals surface area contributed by atoms with Crippen molar-refractivity contribution < 1.29 is 19.4 Å². The van der Waals surface area contributed by atoms with E-state index in [9.17, 15) is 9.90 Å². The Bertz CT molecular complexity index is 1000. The van der Waals surface area contributed by atoms with Gasteiger partial charge in [-0.2, -0.15) is 5.26 Å². The van der Waals surface area contributed by atoms with Crippen LogP contribution in [0.4, 0.5) is 0 Å². The number of aliphatic hydroxyl groups is 1. The number of benzene rings is 1. The van der Waals surface area contributed by atoms with Gasteiger partial charge in [-0.1, -0.05) is 0 Å². The molecule has 0 amide bonds. The van der Waals surface area contributed by atoms with Gasteiger partial charge in [0.1, 0.15) is 22.7 Å². The first-order valence-corrected chi connectivity index (χ1v) is 6.95. The number of allylic oxidation sites excluding steroid dienone is 1. The minimum absolute atomic E-state index is 0.240. The third-order valence-corrected chi connectivity index (χ3v) is 4.12. The van der Waals surface area contributed by atoms with Gasteiger partial charge in [0.05, 0.1) is 17.7 Å². The van der Waals surface area contributed by atoms with E-state index in [2.05, 4.69) is 11.1 Å². The lowest BCUT2D eigenvalue weighted by molar-refractivity contribution is -0.132. The third-order valence-electron chi connectivity index (χ3n) is 4.12. The van der Waals surface area contributed by atoms with E-state index in [0.29, 0.717) is 28.9 Å². The second-order valence-electron chi connectivity index (χ2n) is 5.43. The highest BCUT2D eigenvalue weighted by Crippen LogP contribution is 2.42. The Morgan fingerprint density at radius 1 is 1.43 bits per heavy atom. The number of carboxylic acids is 1. The molecule has 6 nitrogen and oxygen atoms in total. The van der Waals surface area contributed by atoms with Gasteiger partial charge in [-0.3, -0.25) is 4.99 Å². The van der Waals surface area contributed by atoms with Gasteiger partial charge in [-0.25, -0.2) is 4.79 Å². The summed E-state index contributed by atoms with van der Waals surface area (Å²) >= 11 is 0. The molecule has 1 aromatic heterocycles. The van der Waals surface area contributed by atoms with Crippen LogP contribution >= 0.6 is 0 Å². The zero-order valence-corrected chi connectivity index (χ0v) is 11.8. The van der Waals surface area contributed by atoms with Crippen LogP contribution in [0.5, 0.6) is 0 Å². The molecule has 2 N–H and O–H groups in total. The second kappa shape index (κ2) is 4.58. The third kappa shape index (κ3) is 1.87. The highest BCUT2D eigenvalue weighted by molar-refractivity contribution is 6.10. The van der Waals surface area contributed by atoms with Gasteiger partial charge in [-0.05, 0) is 24.3 Å². The summed E-state index contributed by atoms with van der Waals surface area (Å²) in [5, 5.41) is 28.9. The standard InChI is InChI=1S/C17H10N2O4/c18-6-8-1-2-9-10-4-13-11(16(10)23-15(9)3-8)5-14(20)12(7-19-13)17(21)22/h1-3,5,7,13,20H,4H2,(H,21,22). The summed E-state index contributed by atoms with van der Waals surface area (Å²) in [6, 6.07) is 7.02.